The standard InChI is InChI=1S/C15H18BrN3O2/c16-12-5-2-1-4-11(12)13-10-19-15(21-13)7-6-14(20)18-9-3-8-17/h1-2,4-5,10H,3,6-9,17H2,(H,18,20). The van der Waals surface area contributed by atoms with Crippen LogP contribution in [0.4, 0.5) is 0 Å². The summed E-state index contributed by atoms with van der Waals surface area (Å²) in [6, 6.07) is 7.78. The van der Waals surface area contributed by atoms with E-state index in [2.05, 4.69) is 26.2 Å². The van der Waals surface area contributed by atoms with E-state index >= 15 is 0 Å². The molecule has 3 N–H and O–H groups in total. The zero-order chi connectivity index (χ0) is 15.1. The molecule has 0 saturated heterocycles. The second-order valence-electron chi connectivity index (χ2n) is 4.59. The van der Waals surface area contributed by atoms with E-state index in [0.29, 0.717) is 37.6 Å². The Bertz CT molecular complexity index is 598. The van der Waals surface area contributed by atoms with E-state index in [0.717, 1.165) is 16.5 Å². The molecule has 6 heteroatoms. The SMILES string of the molecule is NCCCNC(=O)CCc1ncc(-c2ccccc2Br)o1. The summed E-state index contributed by atoms with van der Waals surface area (Å²) in [5.41, 5.74) is 6.32. The monoisotopic (exact) mass is 351 g/mol. The molecule has 1 heterocycles. The summed E-state index contributed by atoms with van der Waals surface area (Å²) in [5, 5.41) is 2.81. The predicted octanol–water partition coefficient (Wildman–Crippen LogP) is 2.50. The molecule has 0 aliphatic carbocycles. The van der Waals surface area contributed by atoms with E-state index in [4.69, 9.17) is 10.2 Å². The lowest BCUT2D eigenvalue weighted by Gasteiger charge is -2.02. The Balaban J connectivity index is 1.89. The van der Waals surface area contributed by atoms with Gasteiger partial charge in [0, 0.05) is 29.4 Å². The number of aromatic nitrogens is 1. The maximum atomic E-state index is 11.6. The van der Waals surface area contributed by atoms with Crippen molar-refractivity contribution in [1.82, 2.24) is 10.3 Å². The molecule has 0 aliphatic heterocycles. The summed E-state index contributed by atoms with van der Waals surface area (Å²) in [4.78, 5) is 15.8. The van der Waals surface area contributed by atoms with Crippen molar-refractivity contribution in [1.29, 1.82) is 0 Å². The van der Waals surface area contributed by atoms with E-state index in [1.54, 1.807) is 6.20 Å². The highest BCUT2D eigenvalue weighted by molar-refractivity contribution is 9.10. The predicted molar refractivity (Wildman–Crippen MR) is 84.6 cm³/mol. The van der Waals surface area contributed by atoms with Crippen LogP contribution in [0.25, 0.3) is 11.3 Å². The second-order valence-corrected chi connectivity index (χ2v) is 5.44. The molecule has 2 rings (SSSR count). The number of hydrogen-bond donors (Lipinski definition) is 2. The van der Waals surface area contributed by atoms with Gasteiger partial charge in [-0.15, -0.1) is 0 Å². The van der Waals surface area contributed by atoms with Crippen molar-refractivity contribution < 1.29 is 9.21 Å². The zero-order valence-corrected chi connectivity index (χ0v) is 13.2. The number of aryl methyl sites for hydroxylation is 1. The number of nitrogens with zero attached hydrogens (tertiary/aromatic N) is 1. The summed E-state index contributed by atoms with van der Waals surface area (Å²) in [7, 11) is 0. The van der Waals surface area contributed by atoms with Crippen molar-refractivity contribution in [3.8, 4) is 11.3 Å². The topological polar surface area (TPSA) is 81.1 Å². The number of nitrogens with two attached hydrogens (primary N) is 1. The fourth-order valence-electron chi connectivity index (χ4n) is 1.85. The van der Waals surface area contributed by atoms with Crippen molar-refractivity contribution in [2.45, 2.75) is 19.3 Å². The highest BCUT2D eigenvalue weighted by Gasteiger charge is 2.10. The van der Waals surface area contributed by atoms with Gasteiger partial charge in [-0.05, 0) is 19.0 Å². The zero-order valence-electron chi connectivity index (χ0n) is 11.6. The Morgan fingerprint density at radius 3 is 2.95 bits per heavy atom. The van der Waals surface area contributed by atoms with E-state index in [9.17, 15) is 4.79 Å². The Hall–Kier alpha value is -1.66. The molecule has 112 valence electrons. The number of hydrogen-bond acceptors (Lipinski definition) is 4. The number of benzene rings is 1. The average Bonchev–Trinajstić information content (AvgIpc) is 2.94. The lowest BCUT2D eigenvalue weighted by molar-refractivity contribution is -0.121. The van der Waals surface area contributed by atoms with Crippen molar-refractivity contribution in [2.75, 3.05) is 13.1 Å². The van der Waals surface area contributed by atoms with Gasteiger partial charge in [0.1, 0.15) is 0 Å². The van der Waals surface area contributed by atoms with E-state index in [1.165, 1.54) is 0 Å². The lowest BCUT2D eigenvalue weighted by Crippen LogP contribution is -2.26. The van der Waals surface area contributed by atoms with Crippen LogP contribution in [0, 0.1) is 0 Å². The summed E-state index contributed by atoms with van der Waals surface area (Å²) in [6.45, 7) is 1.19. The Morgan fingerprint density at radius 2 is 2.19 bits per heavy atom. The molecule has 0 atom stereocenters. The van der Waals surface area contributed by atoms with Crippen LogP contribution < -0.4 is 11.1 Å². The number of amides is 1. The molecule has 0 spiro atoms. The summed E-state index contributed by atoms with van der Waals surface area (Å²) in [6.07, 6.45) is 3.32. The molecule has 0 saturated carbocycles. The van der Waals surface area contributed by atoms with Gasteiger partial charge in [0.05, 0.1) is 6.20 Å². The van der Waals surface area contributed by atoms with Crippen LogP contribution in [0.15, 0.2) is 39.4 Å². The highest BCUT2D eigenvalue weighted by Crippen LogP contribution is 2.28. The third kappa shape index (κ3) is 4.68. The van der Waals surface area contributed by atoms with Gasteiger partial charge in [0.25, 0.3) is 0 Å². The molecule has 5 nitrogen and oxygen atoms in total. The van der Waals surface area contributed by atoms with Crippen LogP contribution in [0.3, 0.4) is 0 Å². The molecule has 0 radical (unpaired) electrons. The van der Waals surface area contributed by atoms with Crippen LogP contribution in [0.5, 0.6) is 0 Å². The van der Waals surface area contributed by atoms with Gasteiger partial charge in [0.15, 0.2) is 11.7 Å². The van der Waals surface area contributed by atoms with E-state index in [1.807, 2.05) is 24.3 Å². The molecule has 1 aromatic heterocycles. The third-order valence-electron chi connectivity index (χ3n) is 2.96. The maximum Gasteiger partial charge on any atom is 0.220 e. The fraction of sp³-hybridized carbons (Fsp3) is 0.333. The van der Waals surface area contributed by atoms with E-state index in [-0.39, 0.29) is 5.91 Å². The number of halogens is 1. The van der Waals surface area contributed by atoms with Crippen molar-refractivity contribution >= 4 is 21.8 Å². The highest BCUT2D eigenvalue weighted by atomic mass is 79.9. The largest absolute Gasteiger partial charge is 0.441 e. The van der Waals surface area contributed by atoms with E-state index < -0.39 is 0 Å². The average molecular weight is 352 g/mol. The minimum atomic E-state index is -0.0101. The molecule has 21 heavy (non-hydrogen) atoms. The van der Waals surface area contributed by atoms with Gasteiger partial charge in [-0.1, -0.05) is 34.1 Å². The first-order valence-electron chi connectivity index (χ1n) is 6.87. The Morgan fingerprint density at radius 1 is 1.38 bits per heavy atom. The van der Waals surface area contributed by atoms with Gasteiger partial charge in [-0.2, -0.15) is 0 Å². The number of carbonyl (C=O) groups is 1. The summed E-state index contributed by atoms with van der Waals surface area (Å²) >= 11 is 3.48. The van der Waals surface area contributed by atoms with Crippen molar-refractivity contribution in [2.24, 2.45) is 5.73 Å². The molecule has 1 aromatic carbocycles. The second kappa shape index (κ2) is 7.95. The first kappa shape index (κ1) is 15.7. The molecule has 0 fully saturated rings. The summed E-state index contributed by atoms with van der Waals surface area (Å²) < 4.78 is 6.64. The Labute approximate surface area is 132 Å². The maximum absolute atomic E-state index is 11.6. The number of carbonyl (C=O) groups excluding carboxylic acids is 1. The van der Waals surface area contributed by atoms with Crippen LogP contribution in [0.2, 0.25) is 0 Å². The number of rotatable bonds is 7. The van der Waals surface area contributed by atoms with Crippen molar-refractivity contribution in [3.63, 3.8) is 0 Å². The minimum Gasteiger partial charge on any atom is -0.441 e. The smallest absolute Gasteiger partial charge is 0.220 e. The van der Waals surface area contributed by atoms with Crippen LogP contribution >= 0.6 is 15.9 Å². The molecule has 2 aromatic rings. The van der Waals surface area contributed by atoms with Gasteiger partial charge < -0.3 is 15.5 Å². The quantitative estimate of drug-likeness (QED) is 0.751. The van der Waals surface area contributed by atoms with Gasteiger partial charge in [-0.3, -0.25) is 4.79 Å². The molecular formula is C15H18BrN3O2. The molecule has 1 amide bonds. The molecule has 0 bridgehead atoms. The first-order chi connectivity index (χ1) is 10.2. The van der Waals surface area contributed by atoms with Crippen LogP contribution in [-0.4, -0.2) is 24.0 Å². The van der Waals surface area contributed by atoms with Crippen LogP contribution in [-0.2, 0) is 11.2 Å². The number of oxazole rings is 1. The lowest BCUT2D eigenvalue weighted by atomic mass is 10.2. The normalized spacial score (nSPS) is 10.6. The van der Waals surface area contributed by atoms with Crippen molar-refractivity contribution in [3.05, 3.63) is 40.8 Å². The first-order valence-corrected chi connectivity index (χ1v) is 7.66. The van der Waals surface area contributed by atoms with Gasteiger partial charge in [-0.25, -0.2) is 4.98 Å². The van der Waals surface area contributed by atoms with Crippen LogP contribution in [0.1, 0.15) is 18.7 Å². The Kier molecular flexibility index (Phi) is 5.95. The summed E-state index contributed by atoms with van der Waals surface area (Å²) in [5.74, 6) is 1.25. The number of nitrogens with one attached hydrogen (secondary N) is 1. The fourth-order valence-corrected chi connectivity index (χ4v) is 2.33. The third-order valence-corrected chi connectivity index (χ3v) is 3.65. The van der Waals surface area contributed by atoms with Gasteiger partial charge >= 0.3 is 0 Å². The molecule has 0 unspecified atom stereocenters. The minimum absolute atomic E-state index is 0.0101. The molecule has 0 aliphatic rings. The molecular weight excluding hydrogens is 334 g/mol. The van der Waals surface area contributed by atoms with Gasteiger partial charge in [0.2, 0.25) is 5.91 Å².